The minimum Gasteiger partial charge on any atom is -0.437 e. The highest BCUT2D eigenvalue weighted by molar-refractivity contribution is 5.47. The number of imidazole rings is 1. The molecule has 0 radical (unpaired) electrons. The molecule has 2 aromatic heterocycles. The van der Waals surface area contributed by atoms with Gasteiger partial charge in [-0.3, -0.25) is 4.40 Å². The molecule has 1 aromatic carbocycles. The maximum absolute atomic E-state index is 9.58. The van der Waals surface area contributed by atoms with Gasteiger partial charge in [-0.05, 0) is 30.2 Å². The molecule has 21 heavy (non-hydrogen) atoms. The molecule has 2 heterocycles. The fraction of sp³-hybridized carbons (Fsp3) is 0.188. The van der Waals surface area contributed by atoms with E-state index >= 15 is 0 Å². The second kappa shape index (κ2) is 5.95. The third-order valence-corrected chi connectivity index (χ3v) is 3.30. The molecule has 5 heteroatoms. The highest BCUT2D eigenvalue weighted by Gasteiger charge is 2.14. The van der Waals surface area contributed by atoms with E-state index in [1.54, 1.807) is 4.40 Å². The first-order valence-corrected chi connectivity index (χ1v) is 6.77. The van der Waals surface area contributed by atoms with Crippen LogP contribution in [-0.2, 0) is 13.0 Å². The van der Waals surface area contributed by atoms with Gasteiger partial charge in [-0.25, -0.2) is 0 Å². The summed E-state index contributed by atoms with van der Waals surface area (Å²) in [5, 5.41) is 18.7. The van der Waals surface area contributed by atoms with Crippen molar-refractivity contribution < 1.29 is 14.9 Å². The van der Waals surface area contributed by atoms with Crippen molar-refractivity contribution in [1.82, 2.24) is 9.38 Å². The summed E-state index contributed by atoms with van der Waals surface area (Å²) in [5.41, 5.74) is 2.22. The lowest BCUT2D eigenvalue weighted by atomic mass is 10.1. The van der Waals surface area contributed by atoms with Crippen molar-refractivity contribution in [2.45, 2.75) is 13.0 Å². The van der Waals surface area contributed by atoms with Gasteiger partial charge in [-0.1, -0.05) is 24.3 Å². The average molecular weight is 284 g/mol. The van der Waals surface area contributed by atoms with Gasteiger partial charge in [-0.2, -0.15) is 4.98 Å². The van der Waals surface area contributed by atoms with E-state index in [1.807, 2.05) is 48.7 Å². The highest BCUT2D eigenvalue weighted by atomic mass is 16.5. The minimum absolute atomic E-state index is 0.0540. The summed E-state index contributed by atoms with van der Waals surface area (Å²) in [6, 6.07) is 13.1. The normalized spacial score (nSPS) is 11.0. The number of para-hydroxylation sites is 1. The van der Waals surface area contributed by atoms with Gasteiger partial charge in [0.2, 0.25) is 5.88 Å². The Balaban J connectivity index is 2.02. The van der Waals surface area contributed by atoms with Crippen LogP contribution in [0.1, 0.15) is 11.3 Å². The Morgan fingerprint density at radius 3 is 2.67 bits per heavy atom. The maximum Gasteiger partial charge on any atom is 0.243 e. The molecule has 0 saturated heterocycles. The van der Waals surface area contributed by atoms with Crippen LogP contribution in [-0.4, -0.2) is 26.2 Å². The quantitative estimate of drug-likeness (QED) is 0.753. The fourth-order valence-corrected chi connectivity index (χ4v) is 2.29. The number of aliphatic hydroxyl groups excluding tert-OH is 2. The van der Waals surface area contributed by atoms with E-state index in [9.17, 15) is 5.11 Å². The lowest BCUT2D eigenvalue weighted by Gasteiger charge is -2.09. The molecule has 0 amide bonds. The topological polar surface area (TPSA) is 67.0 Å². The summed E-state index contributed by atoms with van der Waals surface area (Å²) in [4.78, 5) is 4.40. The van der Waals surface area contributed by atoms with Gasteiger partial charge in [0, 0.05) is 12.8 Å². The third kappa shape index (κ3) is 2.61. The SMILES string of the molecule is OCCc1ccccc1Oc1nc2ccccn2c1CO. The van der Waals surface area contributed by atoms with E-state index < -0.39 is 0 Å². The van der Waals surface area contributed by atoms with Gasteiger partial charge < -0.3 is 14.9 Å². The molecule has 0 fully saturated rings. The number of ether oxygens (including phenoxy) is 1. The molecule has 0 bridgehead atoms. The molecule has 0 spiro atoms. The number of fused-ring (bicyclic) bond motifs is 1. The monoisotopic (exact) mass is 284 g/mol. The fourth-order valence-electron chi connectivity index (χ4n) is 2.29. The molecular formula is C16H16N2O3. The Kier molecular flexibility index (Phi) is 3.85. The largest absolute Gasteiger partial charge is 0.437 e. The maximum atomic E-state index is 9.58. The Bertz CT molecular complexity index is 752. The van der Waals surface area contributed by atoms with Crippen molar-refractivity contribution in [2.75, 3.05) is 6.61 Å². The summed E-state index contributed by atoms with van der Waals surface area (Å²) in [6.07, 6.45) is 2.35. The molecule has 0 atom stereocenters. The summed E-state index contributed by atoms with van der Waals surface area (Å²) >= 11 is 0. The number of nitrogens with zero attached hydrogens (tertiary/aromatic N) is 2. The summed E-state index contributed by atoms with van der Waals surface area (Å²) in [5.74, 6) is 1.03. The van der Waals surface area contributed by atoms with E-state index in [2.05, 4.69) is 4.98 Å². The molecule has 0 unspecified atom stereocenters. The zero-order valence-electron chi connectivity index (χ0n) is 11.4. The Labute approximate surface area is 122 Å². The van der Waals surface area contributed by atoms with Crippen LogP contribution in [0.3, 0.4) is 0 Å². The van der Waals surface area contributed by atoms with Gasteiger partial charge in [0.25, 0.3) is 0 Å². The highest BCUT2D eigenvalue weighted by Crippen LogP contribution is 2.28. The molecule has 0 saturated carbocycles. The average Bonchev–Trinajstić information content (AvgIpc) is 2.86. The van der Waals surface area contributed by atoms with E-state index in [-0.39, 0.29) is 13.2 Å². The first-order chi connectivity index (χ1) is 10.3. The van der Waals surface area contributed by atoms with Gasteiger partial charge in [0.15, 0.2) is 0 Å². The first kappa shape index (κ1) is 13.6. The number of pyridine rings is 1. The number of aliphatic hydroxyl groups is 2. The molecule has 0 aliphatic heterocycles. The van der Waals surface area contributed by atoms with E-state index in [0.29, 0.717) is 23.7 Å². The van der Waals surface area contributed by atoms with Crippen molar-refractivity contribution in [2.24, 2.45) is 0 Å². The summed E-state index contributed by atoms with van der Waals surface area (Å²) < 4.78 is 7.66. The van der Waals surface area contributed by atoms with Crippen LogP contribution < -0.4 is 4.74 Å². The number of rotatable bonds is 5. The summed E-state index contributed by atoms with van der Waals surface area (Å²) in [7, 11) is 0. The van der Waals surface area contributed by atoms with Crippen molar-refractivity contribution in [3.8, 4) is 11.6 Å². The van der Waals surface area contributed by atoms with Gasteiger partial charge in [0.05, 0.1) is 6.61 Å². The zero-order valence-corrected chi connectivity index (χ0v) is 11.4. The van der Waals surface area contributed by atoms with Crippen LogP contribution in [0.15, 0.2) is 48.7 Å². The third-order valence-electron chi connectivity index (χ3n) is 3.30. The van der Waals surface area contributed by atoms with Crippen LogP contribution in [0.5, 0.6) is 11.6 Å². The zero-order chi connectivity index (χ0) is 14.7. The smallest absolute Gasteiger partial charge is 0.243 e. The Hall–Kier alpha value is -2.37. The van der Waals surface area contributed by atoms with Crippen molar-refractivity contribution in [3.05, 3.63) is 59.9 Å². The molecule has 3 rings (SSSR count). The van der Waals surface area contributed by atoms with E-state index in [1.165, 1.54) is 0 Å². The molecule has 2 N–H and O–H groups in total. The van der Waals surface area contributed by atoms with Crippen LogP contribution in [0.2, 0.25) is 0 Å². The summed E-state index contributed by atoms with van der Waals surface area (Å²) in [6.45, 7) is -0.110. The predicted octanol–water partition coefficient (Wildman–Crippen LogP) is 2.15. The second-order valence-corrected chi connectivity index (χ2v) is 4.63. The molecule has 108 valence electrons. The number of benzene rings is 1. The number of hydrogen-bond acceptors (Lipinski definition) is 4. The van der Waals surface area contributed by atoms with Gasteiger partial charge >= 0.3 is 0 Å². The molecule has 0 aliphatic rings. The van der Waals surface area contributed by atoms with E-state index in [0.717, 1.165) is 11.2 Å². The standard InChI is InChI=1S/C16H16N2O3/c19-10-8-12-5-1-2-6-14(12)21-16-13(11-20)18-9-4-3-7-15(18)17-16/h1-7,9,19-20H,8,10-11H2. The minimum atomic E-state index is -0.164. The molecule has 5 nitrogen and oxygen atoms in total. The van der Waals surface area contributed by atoms with Crippen molar-refractivity contribution >= 4 is 5.65 Å². The lowest BCUT2D eigenvalue weighted by Crippen LogP contribution is -1.98. The second-order valence-electron chi connectivity index (χ2n) is 4.63. The van der Waals surface area contributed by atoms with E-state index in [4.69, 9.17) is 9.84 Å². The molecular weight excluding hydrogens is 268 g/mol. The van der Waals surface area contributed by atoms with Gasteiger partial charge in [0.1, 0.15) is 17.1 Å². The number of aromatic nitrogens is 2. The molecule has 0 aliphatic carbocycles. The Morgan fingerprint density at radius 1 is 1.05 bits per heavy atom. The van der Waals surface area contributed by atoms with Crippen molar-refractivity contribution in [1.29, 1.82) is 0 Å². The first-order valence-electron chi connectivity index (χ1n) is 6.77. The van der Waals surface area contributed by atoms with Crippen LogP contribution >= 0.6 is 0 Å². The van der Waals surface area contributed by atoms with Crippen LogP contribution in [0, 0.1) is 0 Å². The van der Waals surface area contributed by atoms with Crippen molar-refractivity contribution in [3.63, 3.8) is 0 Å². The molecule has 3 aromatic rings. The Morgan fingerprint density at radius 2 is 1.86 bits per heavy atom. The lowest BCUT2D eigenvalue weighted by molar-refractivity contribution is 0.269. The number of hydrogen-bond donors (Lipinski definition) is 2. The van der Waals surface area contributed by atoms with Crippen LogP contribution in [0.25, 0.3) is 5.65 Å². The van der Waals surface area contributed by atoms with Crippen LogP contribution in [0.4, 0.5) is 0 Å². The van der Waals surface area contributed by atoms with Gasteiger partial charge in [-0.15, -0.1) is 0 Å². The predicted molar refractivity (Wildman–Crippen MR) is 78.4 cm³/mol.